The zero-order valence-corrected chi connectivity index (χ0v) is 11.4. The van der Waals surface area contributed by atoms with Crippen LogP contribution in [0.3, 0.4) is 0 Å². The zero-order valence-electron chi connectivity index (χ0n) is 9.83. The quantitative estimate of drug-likeness (QED) is 0.785. The Balaban J connectivity index is 2.04. The molecule has 1 saturated heterocycles. The molecule has 2 aliphatic rings. The molecule has 2 unspecified atom stereocenters. The molecular formula is C14H15BrN2. The average molecular weight is 291 g/mol. The van der Waals surface area contributed by atoms with Crippen molar-refractivity contribution in [3.63, 3.8) is 0 Å². The summed E-state index contributed by atoms with van der Waals surface area (Å²) in [7, 11) is 2.28. The number of nitrogens with zero attached hydrogens (tertiary/aromatic N) is 1. The monoisotopic (exact) mass is 290 g/mol. The number of nitrogens with one attached hydrogen (secondary N) is 1. The highest BCUT2D eigenvalue weighted by atomic mass is 79.9. The van der Waals surface area contributed by atoms with Crippen molar-refractivity contribution < 1.29 is 0 Å². The maximum Gasteiger partial charge on any atom is 0.0603 e. The fraction of sp³-hybridized carbons (Fsp3) is 0.429. The first kappa shape index (κ1) is 10.2. The normalized spacial score (nSPS) is 27.6. The maximum atomic E-state index is 3.65. The highest BCUT2D eigenvalue weighted by Crippen LogP contribution is 2.46. The molecule has 2 nitrogen and oxygen atoms in total. The minimum Gasteiger partial charge on any atom is -0.357 e. The van der Waals surface area contributed by atoms with Crippen LogP contribution in [0.5, 0.6) is 0 Å². The van der Waals surface area contributed by atoms with Crippen molar-refractivity contribution in [2.75, 3.05) is 7.05 Å². The summed E-state index contributed by atoms with van der Waals surface area (Å²) < 4.78 is 1.18. The van der Waals surface area contributed by atoms with Crippen LogP contribution < -0.4 is 0 Å². The average Bonchev–Trinajstić information content (AvgIpc) is 2.78. The van der Waals surface area contributed by atoms with Crippen molar-refractivity contribution >= 4 is 26.8 Å². The van der Waals surface area contributed by atoms with Gasteiger partial charge >= 0.3 is 0 Å². The fourth-order valence-electron chi connectivity index (χ4n) is 3.64. The molecular weight excluding hydrogens is 276 g/mol. The standard InChI is InChI=1S/C14H15BrN2/c1-17-8-5-6-12(17)13-9-3-2-4-10(15)14(9)16-11(13)7-8/h2-4,8,12,16H,5-7H2,1H3. The van der Waals surface area contributed by atoms with Gasteiger partial charge < -0.3 is 4.98 Å². The van der Waals surface area contributed by atoms with Crippen LogP contribution in [0.15, 0.2) is 22.7 Å². The molecule has 2 aromatic rings. The number of aromatic amines is 1. The second-order valence-corrected chi connectivity index (χ2v) is 6.15. The Hall–Kier alpha value is -0.800. The van der Waals surface area contributed by atoms with Crippen molar-refractivity contribution in [1.82, 2.24) is 9.88 Å². The van der Waals surface area contributed by atoms with E-state index in [1.165, 1.54) is 40.3 Å². The lowest BCUT2D eigenvalue weighted by molar-refractivity contribution is 0.224. The van der Waals surface area contributed by atoms with E-state index < -0.39 is 0 Å². The van der Waals surface area contributed by atoms with E-state index in [1.807, 2.05) is 0 Å². The third-order valence-electron chi connectivity index (χ3n) is 4.52. The number of aromatic nitrogens is 1. The van der Waals surface area contributed by atoms with Gasteiger partial charge in [0.05, 0.1) is 5.52 Å². The third kappa shape index (κ3) is 1.24. The summed E-state index contributed by atoms with van der Waals surface area (Å²) in [6.45, 7) is 0. The number of fused-ring (bicyclic) bond motifs is 6. The second kappa shape index (κ2) is 3.36. The van der Waals surface area contributed by atoms with Crippen LogP contribution in [-0.2, 0) is 6.42 Å². The maximum absolute atomic E-state index is 3.65. The van der Waals surface area contributed by atoms with Crippen LogP contribution in [0.25, 0.3) is 10.9 Å². The minimum atomic E-state index is 0.631. The van der Waals surface area contributed by atoms with E-state index >= 15 is 0 Å². The summed E-state index contributed by atoms with van der Waals surface area (Å²) in [6, 6.07) is 7.89. The van der Waals surface area contributed by atoms with Gasteiger partial charge in [0.15, 0.2) is 0 Å². The van der Waals surface area contributed by atoms with E-state index in [0.29, 0.717) is 6.04 Å². The highest BCUT2D eigenvalue weighted by molar-refractivity contribution is 9.10. The number of halogens is 1. The van der Waals surface area contributed by atoms with Crippen LogP contribution in [0, 0.1) is 0 Å². The van der Waals surface area contributed by atoms with Crippen molar-refractivity contribution in [3.05, 3.63) is 33.9 Å². The Morgan fingerprint density at radius 1 is 1.35 bits per heavy atom. The van der Waals surface area contributed by atoms with Crippen LogP contribution in [-0.4, -0.2) is 23.0 Å². The van der Waals surface area contributed by atoms with Crippen LogP contribution in [0.4, 0.5) is 0 Å². The summed E-state index contributed by atoms with van der Waals surface area (Å²) in [5.74, 6) is 0. The first-order valence-corrected chi connectivity index (χ1v) is 7.06. The first-order valence-electron chi connectivity index (χ1n) is 6.26. The molecule has 0 aliphatic carbocycles. The second-order valence-electron chi connectivity index (χ2n) is 5.30. The largest absolute Gasteiger partial charge is 0.357 e. The van der Waals surface area contributed by atoms with Gasteiger partial charge in [-0.3, -0.25) is 4.90 Å². The molecule has 0 spiro atoms. The number of benzene rings is 1. The van der Waals surface area contributed by atoms with Gasteiger partial charge in [0, 0.05) is 34.1 Å². The molecule has 2 aliphatic heterocycles. The molecule has 1 N–H and O–H groups in total. The molecule has 3 heterocycles. The van der Waals surface area contributed by atoms with E-state index in [-0.39, 0.29) is 0 Å². The smallest absolute Gasteiger partial charge is 0.0603 e. The van der Waals surface area contributed by atoms with Crippen molar-refractivity contribution in [1.29, 1.82) is 0 Å². The van der Waals surface area contributed by atoms with Crippen molar-refractivity contribution in [3.8, 4) is 0 Å². The Labute approximate surface area is 109 Å². The van der Waals surface area contributed by atoms with Gasteiger partial charge in [-0.25, -0.2) is 0 Å². The van der Waals surface area contributed by atoms with Crippen LogP contribution in [0.1, 0.15) is 30.1 Å². The Kier molecular flexibility index (Phi) is 2.01. The third-order valence-corrected chi connectivity index (χ3v) is 5.18. The van der Waals surface area contributed by atoms with Gasteiger partial charge in [-0.2, -0.15) is 0 Å². The minimum absolute atomic E-state index is 0.631. The molecule has 17 heavy (non-hydrogen) atoms. The Bertz CT molecular complexity index is 602. The Morgan fingerprint density at radius 3 is 3.12 bits per heavy atom. The number of rotatable bonds is 0. The van der Waals surface area contributed by atoms with Crippen LogP contribution in [0.2, 0.25) is 0 Å². The molecule has 0 radical (unpaired) electrons. The summed E-state index contributed by atoms with van der Waals surface area (Å²) in [4.78, 5) is 6.20. The van der Waals surface area contributed by atoms with E-state index in [0.717, 1.165) is 6.04 Å². The number of hydrogen-bond donors (Lipinski definition) is 1. The molecule has 3 heteroatoms. The summed E-state index contributed by atoms with van der Waals surface area (Å²) in [6.07, 6.45) is 3.84. The van der Waals surface area contributed by atoms with Crippen molar-refractivity contribution in [2.45, 2.75) is 31.3 Å². The topological polar surface area (TPSA) is 19.0 Å². The molecule has 0 amide bonds. The molecule has 0 saturated carbocycles. The summed E-state index contributed by atoms with van der Waals surface area (Å²) in [5.41, 5.74) is 4.30. The molecule has 1 aromatic heterocycles. The lowest BCUT2D eigenvalue weighted by atomic mass is 9.98. The number of likely N-dealkylation sites (N-methyl/N-ethyl adjacent to an activating group) is 1. The molecule has 1 aromatic carbocycles. The first-order chi connectivity index (χ1) is 8.25. The van der Waals surface area contributed by atoms with Gasteiger partial charge in [-0.1, -0.05) is 12.1 Å². The van der Waals surface area contributed by atoms with Crippen LogP contribution >= 0.6 is 15.9 Å². The lowest BCUT2D eigenvalue weighted by Gasteiger charge is -2.31. The van der Waals surface area contributed by atoms with Gasteiger partial charge in [0.2, 0.25) is 0 Å². The van der Waals surface area contributed by atoms with Crippen molar-refractivity contribution in [2.24, 2.45) is 0 Å². The molecule has 4 rings (SSSR count). The molecule has 88 valence electrons. The Morgan fingerprint density at radius 2 is 2.24 bits per heavy atom. The number of para-hydroxylation sites is 1. The SMILES string of the molecule is CN1C2CCC1c1c([nH]c3c(Br)cccc13)C2. The number of hydrogen-bond acceptors (Lipinski definition) is 1. The lowest BCUT2D eigenvalue weighted by Crippen LogP contribution is -2.33. The predicted molar refractivity (Wildman–Crippen MR) is 73.2 cm³/mol. The van der Waals surface area contributed by atoms with Gasteiger partial charge in [0.25, 0.3) is 0 Å². The van der Waals surface area contributed by atoms with E-state index in [9.17, 15) is 0 Å². The van der Waals surface area contributed by atoms with E-state index in [1.54, 1.807) is 5.56 Å². The van der Waals surface area contributed by atoms with Gasteiger partial charge in [0.1, 0.15) is 0 Å². The number of H-pyrrole nitrogens is 1. The zero-order chi connectivity index (χ0) is 11.6. The molecule has 2 bridgehead atoms. The van der Waals surface area contributed by atoms with Gasteiger partial charge in [-0.05, 0) is 47.4 Å². The summed E-state index contributed by atoms with van der Waals surface area (Å²) >= 11 is 3.65. The van der Waals surface area contributed by atoms with E-state index in [2.05, 4.69) is 51.1 Å². The molecule has 1 fully saturated rings. The van der Waals surface area contributed by atoms with E-state index in [4.69, 9.17) is 0 Å². The molecule has 2 atom stereocenters. The predicted octanol–water partition coefficient (Wildman–Crippen LogP) is 3.62. The summed E-state index contributed by atoms with van der Waals surface area (Å²) in [5, 5.41) is 1.41. The highest BCUT2D eigenvalue weighted by Gasteiger charge is 2.39. The van der Waals surface area contributed by atoms with Gasteiger partial charge in [-0.15, -0.1) is 0 Å². The fourth-order valence-corrected chi connectivity index (χ4v) is 4.10.